The highest BCUT2D eigenvalue weighted by atomic mass is 16.6. The first-order chi connectivity index (χ1) is 28.6. The van der Waals surface area contributed by atoms with Crippen LogP contribution in [0.25, 0.3) is 33.6 Å². The summed E-state index contributed by atoms with van der Waals surface area (Å²) in [6, 6.07) is 32.7. The van der Waals surface area contributed by atoms with Crippen LogP contribution in [0.2, 0.25) is 0 Å². The average Bonchev–Trinajstić information content (AvgIpc) is 4.09. The van der Waals surface area contributed by atoms with E-state index in [9.17, 15) is 19.2 Å². The smallest absolute Gasteiger partial charge is 0.408 e. The van der Waals surface area contributed by atoms with Crippen LogP contribution in [0.3, 0.4) is 0 Å². The van der Waals surface area contributed by atoms with E-state index in [0.29, 0.717) is 29.3 Å². The van der Waals surface area contributed by atoms with Gasteiger partial charge < -0.3 is 39.9 Å². The van der Waals surface area contributed by atoms with Crippen LogP contribution in [0.15, 0.2) is 122 Å². The van der Waals surface area contributed by atoms with Crippen LogP contribution in [0.4, 0.5) is 9.59 Å². The topological polar surface area (TPSA) is 175 Å². The van der Waals surface area contributed by atoms with Gasteiger partial charge in [0, 0.05) is 26.2 Å². The molecule has 2 aromatic heterocycles. The number of methoxy groups -OCH3 is 1. The Morgan fingerprint density at radius 2 is 1.32 bits per heavy atom. The van der Waals surface area contributed by atoms with Crippen LogP contribution in [0.5, 0.6) is 0 Å². The number of carbonyl (C=O) groups excluding carboxylic acids is 4. The predicted molar refractivity (Wildman–Crippen MR) is 221 cm³/mol. The maximum atomic E-state index is 13.9. The molecule has 1 aliphatic rings. The van der Waals surface area contributed by atoms with Crippen LogP contribution in [0.1, 0.15) is 66.8 Å². The molecule has 4 N–H and O–H groups in total. The number of nitrogens with one attached hydrogen (secondary N) is 4. The molecule has 14 nitrogen and oxygen atoms in total. The summed E-state index contributed by atoms with van der Waals surface area (Å²) in [4.78, 5) is 71.2. The standard InChI is InChI=1S/C45H46N8O6/c1-28(52(3)42(54)38(51-45(57)58-4)33-12-7-5-8-13-33)40-47-26-35(49-40)31-21-17-29(18-22-31)30-19-23-32(24-20-30)36-27-48-41(50-36)37-16-11-25-53(37)43(55)39(59-44(56)46-2)34-14-9-6-10-15-34/h5-10,12-15,17-24,26-28,37-39H,11,16,25H2,1-4H3,(H,46,56)(H,47,49)(H,48,50)(H,51,57)/t28-,37-,38+,39+/m0/s1. The van der Waals surface area contributed by atoms with E-state index in [1.54, 1.807) is 53.5 Å². The number of imidazole rings is 2. The van der Waals surface area contributed by atoms with Gasteiger partial charge in [0.25, 0.3) is 5.91 Å². The Bertz CT molecular complexity index is 2380. The van der Waals surface area contributed by atoms with Crippen molar-refractivity contribution in [2.75, 3.05) is 27.7 Å². The Morgan fingerprint density at radius 3 is 1.92 bits per heavy atom. The fraction of sp³-hybridized carbons (Fsp3) is 0.244. The number of amides is 4. The normalized spacial score (nSPS) is 15.1. The van der Waals surface area contributed by atoms with Crippen molar-refractivity contribution in [3.05, 3.63) is 144 Å². The summed E-state index contributed by atoms with van der Waals surface area (Å²) < 4.78 is 10.3. The van der Waals surface area contributed by atoms with Gasteiger partial charge in [-0.15, -0.1) is 0 Å². The molecule has 0 bridgehead atoms. The van der Waals surface area contributed by atoms with Gasteiger partial charge in [-0.05, 0) is 47.6 Å². The molecule has 0 aliphatic carbocycles. The van der Waals surface area contributed by atoms with Gasteiger partial charge in [0.2, 0.25) is 12.0 Å². The third-order valence-corrected chi connectivity index (χ3v) is 10.7. The van der Waals surface area contributed by atoms with Crippen molar-refractivity contribution in [1.82, 2.24) is 40.4 Å². The van der Waals surface area contributed by atoms with Crippen molar-refractivity contribution < 1.29 is 28.7 Å². The van der Waals surface area contributed by atoms with E-state index in [1.165, 1.54) is 14.2 Å². The highest BCUT2D eigenvalue weighted by Gasteiger charge is 2.38. The summed E-state index contributed by atoms with van der Waals surface area (Å²) in [6.45, 7) is 2.40. The van der Waals surface area contributed by atoms with Gasteiger partial charge in [0.15, 0.2) is 0 Å². The summed E-state index contributed by atoms with van der Waals surface area (Å²) in [5.74, 6) is 0.673. The van der Waals surface area contributed by atoms with Crippen molar-refractivity contribution in [3.8, 4) is 33.6 Å². The number of hydrogen-bond donors (Lipinski definition) is 4. The number of rotatable bonds is 12. The van der Waals surface area contributed by atoms with Gasteiger partial charge in [-0.3, -0.25) is 9.59 Å². The lowest BCUT2D eigenvalue weighted by atomic mass is 10.0. The number of alkyl carbamates (subject to hydrolysis) is 2. The number of benzene rings is 4. The number of H-pyrrole nitrogens is 2. The Morgan fingerprint density at radius 1 is 0.763 bits per heavy atom. The molecule has 4 aromatic carbocycles. The van der Waals surface area contributed by atoms with Gasteiger partial charge in [-0.25, -0.2) is 19.6 Å². The van der Waals surface area contributed by atoms with Gasteiger partial charge in [-0.2, -0.15) is 0 Å². The lowest BCUT2D eigenvalue weighted by molar-refractivity contribution is -0.142. The molecule has 4 atom stereocenters. The molecule has 302 valence electrons. The minimum Gasteiger partial charge on any atom is -0.453 e. The van der Waals surface area contributed by atoms with Crippen LogP contribution in [-0.4, -0.2) is 81.5 Å². The Labute approximate surface area is 342 Å². The average molecular weight is 795 g/mol. The molecule has 0 radical (unpaired) electrons. The van der Waals surface area contributed by atoms with Crippen molar-refractivity contribution >= 4 is 24.0 Å². The quantitative estimate of drug-likeness (QED) is 0.0985. The summed E-state index contributed by atoms with van der Waals surface area (Å²) in [5, 5.41) is 5.09. The molecule has 14 heteroatoms. The summed E-state index contributed by atoms with van der Waals surface area (Å²) in [7, 11) is 4.40. The van der Waals surface area contributed by atoms with E-state index in [0.717, 1.165) is 46.5 Å². The number of carbonyl (C=O) groups is 4. The monoisotopic (exact) mass is 794 g/mol. The maximum Gasteiger partial charge on any atom is 0.408 e. The number of likely N-dealkylation sites (tertiary alicyclic amines) is 1. The molecule has 0 saturated carbocycles. The van der Waals surface area contributed by atoms with E-state index >= 15 is 0 Å². The van der Waals surface area contributed by atoms with Crippen molar-refractivity contribution in [1.29, 1.82) is 0 Å². The second-order valence-corrected chi connectivity index (χ2v) is 14.3. The Kier molecular flexibility index (Phi) is 12.2. The third-order valence-electron chi connectivity index (χ3n) is 10.7. The zero-order valence-electron chi connectivity index (χ0n) is 33.2. The van der Waals surface area contributed by atoms with E-state index < -0.39 is 30.4 Å². The SMILES string of the molecule is CNC(=O)O[C@@H](C(=O)N1CCC[C@H]1c1ncc(-c2ccc(-c3ccc(-c4cnc([C@H](C)N(C)C(=O)[C@H](NC(=O)OC)c5ccccc5)[nH]4)cc3)cc2)[nH]1)c1ccccc1. The van der Waals surface area contributed by atoms with E-state index in [-0.39, 0.29) is 17.9 Å². The zero-order chi connectivity index (χ0) is 41.5. The van der Waals surface area contributed by atoms with Gasteiger partial charge >= 0.3 is 12.2 Å². The van der Waals surface area contributed by atoms with Gasteiger partial charge in [0.05, 0.1) is 43.0 Å². The van der Waals surface area contributed by atoms with Gasteiger partial charge in [-0.1, -0.05) is 109 Å². The first kappa shape index (κ1) is 40.0. The molecule has 4 amide bonds. The lowest BCUT2D eigenvalue weighted by Crippen LogP contribution is -2.42. The molecule has 1 fully saturated rings. The van der Waals surface area contributed by atoms with Crippen molar-refractivity contribution in [3.63, 3.8) is 0 Å². The first-order valence-electron chi connectivity index (χ1n) is 19.4. The lowest BCUT2D eigenvalue weighted by Gasteiger charge is -2.28. The molecule has 1 saturated heterocycles. The van der Waals surface area contributed by atoms with Crippen molar-refractivity contribution in [2.45, 2.75) is 44.0 Å². The van der Waals surface area contributed by atoms with Crippen molar-refractivity contribution in [2.24, 2.45) is 0 Å². The summed E-state index contributed by atoms with van der Waals surface area (Å²) in [6.07, 6.45) is 2.61. The van der Waals surface area contributed by atoms with Crippen LogP contribution in [0, 0.1) is 0 Å². The molecule has 1 aliphatic heterocycles. The third kappa shape index (κ3) is 8.86. The van der Waals surface area contributed by atoms with E-state index in [2.05, 4.69) is 42.7 Å². The van der Waals surface area contributed by atoms with E-state index in [4.69, 9.17) is 9.47 Å². The minimum absolute atomic E-state index is 0.284. The molecule has 59 heavy (non-hydrogen) atoms. The zero-order valence-corrected chi connectivity index (χ0v) is 33.2. The highest BCUT2D eigenvalue weighted by Crippen LogP contribution is 2.35. The maximum absolute atomic E-state index is 13.9. The number of likely N-dealkylation sites (N-methyl/N-ethyl adjacent to an activating group) is 1. The number of nitrogens with zero attached hydrogens (tertiary/aromatic N) is 4. The Hall–Kier alpha value is -7.22. The molecular weight excluding hydrogens is 749 g/mol. The molecule has 3 heterocycles. The second kappa shape index (κ2) is 17.9. The Balaban J connectivity index is 1.00. The molecular formula is C45H46N8O6. The molecule has 7 rings (SSSR count). The molecule has 0 spiro atoms. The van der Waals surface area contributed by atoms with Crippen LogP contribution in [-0.2, 0) is 19.1 Å². The fourth-order valence-electron chi connectivity index (χ4n) is 7.24. The number of aromatic nitrogens is 4. The number of ether oxygens (including phenoxy) is 2. The highest BCUT2D eigenvalue weighted by molar-refractivity contribution is 5.87. The fourth-order valence-corrected chi connectivity index (χ4v) is 7.24. The molecule has 6 aromatic rings. The summed E-state index contributed by atoms with van der Waals surface area (Å²) >= 11 is 0. The van der Waals surface area contributed by atoms with Gasteiger partial charge in [0.1, 0.15) is 17.7 Å². The first-order valence-corrected chi connectivity index (χ1v) is 19.4. The number of aromatic amines is 2. The molecule has 0 unspecified atom stereocenters. The van der Waals surface area contributed by atoms with Crippen LogP contribution < -0.4 is 10.6 Å². The van der Waals surface area contributed by atoms with Crippen LogP contribution >= 0.6 is 0 Å². The largest absolute Gasteiger partial charge is 0.453 e. The number of hydrogen-bond acceptors (Lipinski definition) is 8. The summed E-state index contributed by atoms with van der Waals surface area (Å²) in [5.41, 5.74) is 6.81. The van der Waals surface area contributed by atoms with E-state index in [1.807, 2.05) is 79.7 Å². The minimum atomic E-state index is -1.07. The second-order valence-electron chi connectivity index (χ2n) is 14.3. The predicted octanol–water partition coefficient (Wildman–Crippen LogP) is 7.51.